The molecule has 0 aliphatic carbocycles. The largest absolute Gasteiger partial charge is 0.361 e. The molecule has 0 N–H and O–H groups in total. The van der Waals surface area contributed by atoms with E-state index in [1.165, 1.54) is 0 Å². The monoisotopic (exact) mass is 425 g/mol. The van der Waals surface area contributed by atoms with E-state index in [0.717, 1.165) is 50.0 Å². The molecule has 166 valence electrons. The number of carbonyl (C=O) groups is 2. The van der Waals surface area contributed by atoms with Crippen molar-refractivity contribution in [2.24, 2.45) is 5.92 Å². The SMILES string of the molecule is CCc1noc(C)c1C(=O)N1CCC([C@@H]2CCCCN2C(=O)c2cnc(C)cn2)CC1. The number of amides is 2. The Bertz CT molecular complexity index is 931. The van der Waals surface area contributed by atoms with Gasteiger partial charge in [0.2, 0.25) is 0 Å². The highest BCUT2D eigenvalue weighted by molar-refractivity contribution is 5.96. The minimum absolute atomic E-state index is 0.0144. The van der Waals surface area contributed by atoms with Crippen LogP contribution in [0.4, 0.5) is 0 Å². The van der Waals surface area contributed by atoms with Gasteiger partial charge >= 0.3 is 0 Å². The first-order valence-electron chi connectivity index (χ1n) is 11.3. The molecule has 4 rings (SSSR count). The molecule has 0 unspecified atom stereocenters. The van der Waals surface area contributed by atoms with Crippen LogP contribution in [0.25, 0.3) is 0 Å². The summed E-state index contributed by atoms with van der Waals surface area (Å²) in [5.41, 5.74) is 2.57. The Hall–Kier alpha value is -2.77. The molecule has 8 nitrogen and oxygen atoms in total. The van der Waals surface area contributed by atoms with Gasteiger partial charge in [-0.3, -0.25) is 14.6 Å². The highest BCUT2D eigenvalue weighted by atomic mass is 16.5. The van der Waals surface area contributed by atoms with E-state index >= 15 is 0 Å². The van der Waals surface area contributed by atoms with E-state index in [4.69, 9.17) is 4.52 Å². The van der Waals surface area contributed by atoms with E-state index in [-0.39, 0.29) is 17.9 Å². The number of aryl methyl sites for hydroxylation is 3. The van der Waals surface area contributed by atoms with Gasteiger partial charge < -0.3 is 14.3 Å². The first kappa shape index (κ1) is 21.5. The van der Waals surface area contributed by atoms with Gasteiger partial charge in [0.1, 0.15) is 17.0 Å². The second-order valence-electron chi connectivity index (χ2n) is 8.65. The van der Waals surface area contributed by atoms with Gasteiger partial charge in [-0.1, -0.05) is 12.1 Å². The summed E-state index contributed by atoms with van der Waals surface area (Å²) in [6.45, 7) is 7.79. The van der Waals surface area contributed by atoms with E-state index in [1.807, 2.05) is 23.6 Å². The quantitative estimate of drug-likeness (QED) is 0.747. The molecule has 2 amide bonds. The summed E-state index contributed by atoms with van der Waals surface area (Å²) in [5, 5.41) is 4.02. The van der Waals surface area contributed by atoms with Gasteiger partial charge in [0, 0.05) is 31.9 Å². The Morgan fingerprint density at radius 1 is 1.03 bits per heavy atom. The van der Waals surface area contributed by atoms with Crippen molar-refractivity contribution in [3.05, 3.63) is 40.8 Å². The van der Waals surface area contributed by atoms with Crippen molar-refractivity contribution >= 4 is 11.8 Å². The molecule has 4 heterocycles. The number of rotatable bonds is 4. The lowest BCUT2D eigenvalue weighted by Crippen LogP contribution is -2.51. The Balaban J connectivity index is 1.43. The minimum Gasteiger partial charge on any atom is -0.361 e. The molecular weight excluding hydrogens is 394 g/mol. The van der Waals surface area contributed by atoms with Crippen LogP contribution in [-0.2, 0) is 6.42 Å². The van der Waals surface area contributed by atoms with Gasteiger partial charge in [-0.25, -0.2) is 4.98 Å². The third-order valence-electron chi connectivity index (χ3n) is 6.66. The minimum atomic E-state index is -0.0246. The molecule has 2 saturated heterocycles. The highest BCUT2D eigenvalue weighted by Crippen LogP contribution is 2.32. The van der Waals surface area contributed by atoms with Gasteiger partial charge in [-0.15, -0.1) is 0 Å². The fourth-order valence-corrected chi connectivity index (χ4v) is 4.93. The van der Waals surface area contributed by atoms with Gasteiger partial charge in [-0.2, -0.15) is 0 Å². The van der Waals surface area contributed by atoms with Crippen molar-refractivity contribution < 1.29 is 14.1 Å². The fourth-order valence-electron chi connectivity index (χ4n) is 4.93. The van der Waals surface area contributed by atoms with E-state index in [1.54, 1.807) is 19.3 Å². The Morgan fingerprint density at radius 2 is 1.81 bits per heavy atom. The first-order chi connectivity index (χ1) is 15.0. The summed E-state index contributed by atoms with van der Waals surface area (Å²) >= 11 is 0. The molecule has 0 aromatic carbocycles. The van der Waals surface area contributed by atoms with E-state index in [0.29, 0.717) is 42.4 Å². The maximum atomic E-state index is 13.1. The fraction of sp³-hybridized carbons (Fsp3) is 0.609. The Morgan fingerprint density at radius 3 is 2.48 bits per heavy atom. The van der Waals surface area contributed by atoms with Crippen LogP contribution in [0.15, 0.2) is 16.9 Å². The van der Waals surface area contributed by atoms with Crippen LogP contribution < -0.4 is 0 Å². The molecule has 8 heteroatoms. The maximum absolute atomic E-state index is 13.1. The van der Waals surface area contributed by atoms with Gasteiger partial charge in [0.15, 0.2) is 0 Å². The third kappa shape index (κ3) is 4.34. The molecule has 2 aromatic rings. The van der Waals surface area contributed by atoms with Crippen molar-refractivity contribution in [2.75, 3.05) is 19.6 Å². The molecule has 1 atom stereocenters. The molecule has 2 aliphatic heterocycles. The molecule has 31 heavy (non-hydrogen) atoms. The molecule has 2 fully saturated rings. The molecule has 2 aromatic heterocycles. The number of likely N-dealkylation sites (tertiary alicyclic amines) is 2. The maximum Gasteiger partial charge on any atom is 0.274 e. The number of hydrogen-bond acceptors (Lipinski definition) is 6. The zero-order valence-electron chi connectivity index (χ0n) is 18.6. The normalized spacial score (nSPS) is 20.2. The lowest BCUT2D eigenvalue weighted by molar-refractivity contribution is 0.0369. The average molecular weight is 426 g/mol. The van der Waals surface area contributed by atoms with Crippen molar-refractivity contribution in [1.29, 1.82) is 0 Å². The summed E-state index contributed by atoms with van der Waals surface area (Å²) in [7, 11) is 0. The van der Waals surface area contributed by atoms with E-state index in [2.05, 4.69) is 15.1 Å². The number of piperidine rings is 2. The van der Waals surface area contributed by atoms with Crippen LogP contribution in [0.5, 0.6) is 0 Å². The molecule has 0 bridgehead atoms. The Kier molecular flexibility index (Phi) is 6.34. The number of nitrogens with zero attached hydrogens (tertiary/aromatic N) is 5. The average Bonchev–Trinajstić information content (AvgIpc) is 3.19. The smallest absolute Gasteiger partial charge is 0.274 e. The van der Waals surface area contributed by atoms with Crippen LogP contribution in [0.3, 0.4) is 0 Å². The Labute approximate surface area is 183 Å². The van der Waals surface area contributed by atoms with E-state index in [9.17, 15) is 9.59 Å². The summed E-state index contributed by atoms with van der Waals surface area (Å²) in [4.78, 5) is 38.7. The first-order valence-corrected chi connectivity index (χ1v) is 11.3. The lowest BCUT2D eigenvalue weighted by Gasteiger charge is -2.43. The third-order valence-corrected chi connectivity index (χ3v) is 6.66. The summed E-state index contributed by atoms with van der Waals surface area (Å²) in [6, 6.07) is 0.199. The molecule has 0 saturated carbocycles. The molecule has 0 spiro atoms. The summed E-state index contributed by atoms with van der Waals surface area (Å²) in [5.74, 6) is 0.970. The predicted octanol–water partition coefficient (Wildman–Crippen LogP) is 3.19. The van der Waals surface area contributed by atoms with Gasteiger partial charge in [-0.05, 0) is 58.3 Å². The van der Waals surface area contributed by atoms with Crippen molar-refractivity contribution in [2.45, 2.75) is 65.3 Å². The van der Waals surface area contributed by atoms with Gasteiger partial charge in [0.05, 0.1) is 17.6 Å². The lowest BCUT2D eigenvalue weighted by atomic mass is 9.83. The second-order valence-corrected chi connectivity index (χ2v) is 8.65. The van der Waals surface area contributed by atoms with Gasteiger partial charge in [0.25, 0.3) is 11.8 Å². The summed E-state index contributed by atoms with van der Waals surface area (Å²) in [6.07, 6.45) is 8.85. The van der Waals surface area contributed by atoms with Crippen molar-refractivity contribution in [3.8, 4) is 0 Å². The molecule has 2 aliphatic rings. The second kappa shape index (κ2) is 9.16. The van der Waals surface area contributed by atoms with Crippen LogP contribution >= 0.6 is 0 Å². The van der Waals surface area contributed by atoms with E-state index < -0.39 is 0 Å². The molecular formula is C23H31N5O3. The topological polar surface area (TPSA) is 92.4 Å². The number of carbonyl (C=O) groups excluding carboxylic acids is 2. The van der Waals surface area contributed by atoms with Crippen LogP contribution in [0, 0.1) is 19.8 Å². The van der Waals surface area contributed by atoms with Crippen LogP contribution in [-0.4, -0.2) is 62.4 Å². The molecule has 0 radical (unpaired) electrons. The standard InChI is InChI=1S/C23H31N5O3/c1-4-18-21(16(3)31-26-18)23(30)27-11-8-17(9-12-27)20-7-5-6-10-28(20)22(29)19-14-24-15(2)13-25-19/h13-14,17,20H,4-12H2,1-3H3/t20-/m0/s1. The zero-order valence-corrected chi connectivity index (χ0v) is 18.6. The number of aromatic nitrogens is 3. The highest BCUT2D eigenvalue weighted by Gasteiger charge is 2.37. The zero-order chi connectivity index (χ0) is 22.0. The number of hydrogen-bond donors (Lipinski definition) is 0. The predicted molar refractivity (Wildman–Crippen MR) is 115 cm³/mol. The summed E-state index contributed by atoms with van der Waals surface area (Å²) < 4.78 is 5.25. The van der Waals surface area contributed by atoms with Crippen molar-refractivity contribution in [1.82, 2.24) is 24.9 Å². The van der Waals surface area contributed by atoms with Crippen molar-refractivity contribution in [3.63, 3.8) is 0 Å². The van der Waals surface area contributed by atoms with Crippen LogP contribution in [0.1, 0.15) is 77.0 Å². The van der Waals surface area contributed by atoms with Crippen LogP contribution in [0.2, 0.25) is 0 Å².